The van der Waals surface area contributed by atoms with Gasteiger partial charge in [0.2, 0.25) is 0 Å². The summed E-state index contributed by atoms with van der Waals surface area (Å²) in [6, 6.07) is 7.78. The van der Waals surface area contributed by atoms with E-state index >= 15 is 0 Å². The minimum Gasteiger partial charge on any atom is -0.410 e. The van der Waals surface area contributed by atoms with Crippen molar-refractivity contribution >= 4 is 29.0 Å². The molecule has 140 valence electrons. The van der Waals surface area contributed by atoms with Crippen molar-refractivity contribution in [3.63, 3.8) is 0 Å². The summed E-state index contributed by atoms with van der Waals surface area (Å²) in [7, 11) is 0. The molecule has 3 heterocycles. The zero-order valence-corrected chi connectivity index (χ0v) is 16.9. The van der Waals surface area contributed by atoms with Crippen LogP contribution in [0.5, 0.6) is 0 Å². The quantitative estimate of drug-likeness (QED) is 0.593. The van der Waals surface area contributed by atoms with Gasteiger partial charge in [0.25, 0.3) is 17.0 Å². The lowest BCUT2D eigenvalue weighted by molar-refractivity contribution is 0.0793. The molecule has 6 nitrogen and oxygen atoms in total. The van der Waals surface area contributed by atoms with Gasteiger partial charge in [0.15, 0.2) is 0 Å². The van der Waals surface area contributed by atoms with Gasteiger partial charge in [-0.25, -0.2) is 4.98 Å². The molecular formula is C19H20N4O2S2. The van der Waals surface area contributed by atoms with E-state index in [0.29, 0.717) is 16.9 Å². The molecule has 0 atom stereocenters. The number of carbonyl (C=O) groups excluding carboxylic acids is 1. The van der Waals surface area contributed by atoms with Crippen LogP contribution in [0, 0.1) is 13.8 Å². The molecule has 0 unspecified atom stereocenters. The van der Waals surface area contributed by atoms with Crippen molar-refractivity contribution in [2.24, 2.45) is 0 Å². The number of benzene rings is 1. The molecule has 1 aromatic carbocycles. The maximum Gasteiger partial charge on any atom is 0.277 e. The zero-order valence-electron chi connectivity index (χ0n) is 15.3. The van der Waals surface area contributed by atoms with Crippen LogP contribution in [-0.4, -0.2) is 39.1 Å². The molecule has 0 aliphatic carbocycles. The number of rotatable bonds is 5. The second kappa shape index (κ2) is 7.82. The summed E-state index contributed by atoms with van der Waals surface area (Å²) in [6.07, 6.45) is 2.21. The van der Waals surface area contributed by atoms with Gasteiger partial charge in [-0.2, -0.15) is 0 Å². The van der Waals surface area contributed by atoms with Gasteiger partial charge in [-0.1, -0.05) is 23.9 Å². The first-order valence-electron chi connectivity index (χ1n) is 8.89. The first kappa shape index (κ1) is 18.2. The maximum absolute atomic E-state index is 12.4. The fourth-order valence-corrected chi connectivity index (χ4v) is 4.64. The van der Waals surface area contributed by atoms with Crippen LogP contribution < -0.4 is 0 Å². The Balaban J connectivity index is 1.38. The first-order valence-corrected chi connectivity index (χ1v) is 10.7. The molecule has 1 saturated heterocycles. The van der Waals surface area contributed by atoms with Crippen LogP contribution in [-0.2, 0) is 5.75 Å². The van der Waals surface area contributed by atoms with Crippen LogP contribution in [0.3, 0.4) is 0 Å². The van der Waals surface area contributed by atoms with Crippen LogP contribution in [0.25, 0.3) is 10.8 Å². The van der Waals surface area contributed by atoms with Gasteiger partial charge in [0, 0.05) is 24.4 Å². The van der Waals surface area contributed by atoms with Gasteiger partial charge < -0.3 is 9.32 Å². The van der Waals surface area contributed by atoms with Crippen LogP contribution in [0.15, 0.2) is 33.9 Å². The number of thiazole rings is 1. The molecule has 1 aliphatic rings. The number of likely N-dealkylation sites (tertiary alicyclic amines) is 1. The van der Waals surface area contributed by atoms with E-state index in [2.05, 4.69) is 15.2 Å². The summed E-state index contributed by atoms with van der Waals surface area (Å²) in [5, 5.41) is 9.78. The summed E-state index contributed by atoms with van der Waals surface area (Å²) in [5.41, 5.74) is 2.78. The molecule has 27 heavy (non-hydrogen) atoms. The SMILES string of the molecule is Cc1nc(C)c(-c2nnc(SCc3ccc(C(=O)N4CCCC4)cc3)o2)s1. The Bertz CT molecular complexity index is 943. The van der Waals surface area contributed by atoms with Crippen molar-refractivity contribution in [3.05, 3.63) is 46.1 Å². The van der Waals surface area contributed by atoms with Crippen LogP contribution >= 0.6 is 23.1 Å². The third kappa shape index (κ3) is 4.06. The largest absolute Gasteiger partial charge is 0.410 e. The molecule has 0 saturated carbocycles. The van der Waals surface area contributed by atoms with E-state index in [0.717, 1.165) is 52.6 Å². The lowest BCUT2D eigenvalue weighted by Crippen LogP contribution is -2.27. The van der Waals surface area contributed by atoms with Crippen LogP contribution in [0.1, 0.15) is 39.5 Å². The number of hydrogen-bond donors (Lipinski definition) is 0. The fourth-order valence-electron chi connectivity index (χ4n) is 3.08. The monoisotopic (exact) mass is 400 g/mol. The summed E-state index contributed by atoms with van der Waals surface area (Å²) >= 11 is 3.05. The van der Waals surface area contributed by atoms with Gasteiger partial charge in [-0.15, -0.1) is 21.5 Å². The van der Waals surface area contributed by atoms with Gasteiger partial charge in [-0.3, -0.25) is 4.79 Å². The number of carbonyl (C=O) groups is 1. The van der Waals surface area contributed by atoms with E-state index in [4.69, 9.17) is 4.42 Å². The Hall–Kier alpha value is -2.19. The predicted molar refractivity (Wildman–Crippen MR) is 106 cm³/mol. The van der Waals surface area contributed by atoms with Crippen molar-refractivity contribution in [1.82, 2.24) is 20.1 Å². The molecule has 1 aliphatic heterocycles. The molecule has 0 bridgehead atoms. The van der Waals surface area contributed by atoms with E-state index in [9.17, 15) is 4.79 Å². The van der Waals surface area contributed by atoms with Crippen molar-refractivity contribution in [1.29, 1.82) is 0 Å². The number of amides is 1. The summed E-state index contributed by atoms with van der Waals surface area (Å²) in [4.78, 5) is 19.6. The highest BCUT2D eigenvalue weighted by Crippen LogP contribution is 2.31. The van der Waals surface area contributed by atoms with E-state index in [-0.39, 0.29) is 5.91 Å². The smallest absolute Gasteiger partial charge is 0.277 e. The number of thioether (sulfide) groups is 1. The van der Waals surface area contributed by atoms with E-state index < -0.39 is 0 Å². The topological polar surface area (TPSA) is 72.1 Å². The average molecular weight is 401 g/mol. The van der Waals surface area contributed by atoms with E-state index in [1.54, 1.807) is 11.3 Å². The standard InChI is InChI=1S/C19H20N4O2S2/c1-12-16(27-13(2)20-12)17-21-22-19(25-17)26-11-14-5-7-15(8-6-14)18(24)23-9-3-4-10-23/h5-8H,3-4,9-11H2,1-2H3. The molecule has 3 aromatic rings. The van der Waals surface area contributed by atoms with Crippen molar-refractivity contribution < 1.29 is 9.21 Å². The third-order valence-electron chi connectivity index (χ3n) is 4.46. The summed E-state index contributed by atoms with van der Waals surface area (Å²) < 4.78 is 5.77. The molecule has 1 amide bonds. The number of aromatic nitrogens is 3. The molecule has 0 spiro atoms. The van der Waals surface area contributed by atoms with Crippen LogP contribution in [0.4, 0.5) is 0 Å². The summed E-state index contributed by atoms with van der Waals surface area (Å²) in [6.45, 7) is 5.65. The Morgan fingerprint density at radius 1 is 1.19 bits per heavy atom. The van der Waals surface area contributed by atoms with Crippen molar-refractivity contribution in [2.45, 2.75) is 37.7 Å². The van der Waals surface area contributed by atoms with Gasteiger partial charge in [0.05, 0.1) is 10.7 Å². The van der Waals surface area contributed by atoms with Crippen molar-refractivity contribution in [2.75, 3.05) is 13.1 Å². The molecule has 4 rings (SSSR count). The lowest BCUT2D eigenvalue weighted by atomic mass is 10.1. The Morgan fingerprint density at radius 2 is 1.93 bits per heavy atom. The van der Waals surface area contributed by atoms with E-state index in [1.165, 1.54) is 11.8 Å². The Labute approximate surface area is 166 Å². The molecule has 8 heteroatoms. The Morgan fingerprint density at radius 3 is 2.59 bits per heavy atom. The van der Waals surface area contributed by atoms with E-state index in [1.807, 2.05) is 43.0 Å². The van der Waals surface area contributed by atoms with Crippen molar-refractivity contribution in [3.8, 4) is 10.8 Å². The number of aryl methyl sites for hydroxylation is 2. The van der Waals surface area contributed by atoms with Gasteiger partial charge in [-0.05, 0) is 44.4 Å². The fraction of sp³-hybridized carbons (Fsp3) is 0.368. The third-order valence-corrected chi connectivity index (χ3v) is 6.41. The highest BCUT2D eigenvalue weighted by molar-refractivity contribution is 7.98. The first-order chi connectivity index (χ1) is 13.1. The predicted octanol–water partition coefficient (Wildman–Crippen LogP) is 4.34. The highest BCUT2D eigenvalue weighted by Gasteiger charge is 2.19. The van der Waals surface area contributed by atoms with Gasteiger partial charge >= 0.3 is 0 Å². The lowest BCUT2D eigenvalue weighted by Gasteiger charge is -2.15. The maximum atomic E-state index is 12.4. The summed E-state index contributed by atoms with van der Waals surface area (Å²) in [5.74, 6) is 1.36. The second-order valence-corrected chi connectivity index (χ2v) is 8.64. The molecule has 2 aromatic heterocycles. The normalized spacial score (nSPS) is 14.1. The minimum atomic E-state index is 0.128. The molecule has 0 radical (unpaired) electrons. The average Bonchev–Trinajstić information content (AvgIpc) is 3.41. The number of nitrogens with zero attached hydrogens (tertiary/aromatic N) is 4. The number of hydrogen-bond acceptors (Lipinski definition) is 7. The second-order valence-electron chi connectivity index (χ2n) is 6.51. The molecule has 1 fully saturated rings. The Kier molecular flexibility index (Phi) is 5.27. The minimum absolute atomic E-state index is 0.128. The van der Waals surface area contributed by atoms with Crippen LogP contribution in [0.2, 0.25) is 0 Å². The highest BCUT2D eigenvalue weighted by atomic mass is 32.2. The zero-order chi connectivity index (χ0) is 18.8. The molecular weight excluding hydrogens is 380 g/mol. The molecule has 0 N–H and O–H groups in total. The van der Waals surface area contributed by atoms with Gasteiger partial charge in [0.1, 0.15) is 4.88 Å².